The zero-order chi connectivity index (χ0) is 28.1. The third-order valence-corrected chi connectivity index (χ3v) is 13.2. The van der Waals surface area contributed by atoms with Crippen molar-refractivity contribution in [2.24, 2.45) is 46.3 Å². The summed E-state index contributed by atoms with van der Waals surface area (Å²) in [5.74, 6) is 3.63. The molecule has 40 heavy (non-hydrogen) atoms. The van der Waals surface area contributed by atoms with Crippen LogP contribution < -0.4 is 0 Å². The highest BCUT2D eigenvalue weighted by molar-refractivity contribution is 5.76. The van der Waals surface area contributed by atoms with Gasteiger partial charge in [0.05, 0.1) is 12.2 Å². The van der Waals surface area contributed by atoms with Crippen LogP contribution in [0.3, 0.4) is 0 Å². The number of amides is 1. The number of benzene rings is 1. The molecular formula is C35H54N2O3. The van der Waals surface area contributed by atoms with Crippen LogP contribution in [-0.2, 0) is 11.3 Å². The number of carbonyl (C=O) groups is 1. The van der Waals surface area contributed by atoms with Gasteiger partial charge in [-0.25, -0.2) is 0 Å². The van der Waals surface area contributed by atoms with Crippen LogP contribution in [0.5, 0.6) is 0 Å². The zero-order valence-electron chi connectivity index (χ0n) is 25.3. The van der Waals surface area contributed by atoms with Gasteiger partial charge >= 0.3 is 0 Å². The molecule has 1 saturated heterocycles. The average molecular weight is 551 g/mol. The highest BCUT2D eigenvalue weighted by Crippen LogP contribution is 2.68. The zero-order valence-corrected chi connectivity index (χ0v) is 25.3. The van der Waals surface area contributed by atoms with E-state index in [4.69, 9.17) is 0 Å². The van der Waals surface area contributed by atoms with Gasteiger partial charge in [-0.2, -0.15) is 0 Å². The highest BCUT2D eigenvalue weighted by atomic mass is 16.3. The fraction of sp³-hybridized carbons (Fsp3) is 0.800. The maximum Gasteiger partial charge on any atom is 0.222 e. The van der Waals surface area contributed by atoms with E-state index in [1.54, 1.807) is 0 Å². The van der Waals surface area contributed by atoms with Crippen molar-refractivity contribution in [2.75, 3.05) is 26.2 Å². The Labute approximate surface area is 242 Å². The lowest BCUT2D eigenvalue weighted by Crippen LogP contribution is -2.58. The van der Waals surface area contributed by atoms with Crippen LogP contribution in [-0.4, -0.2) is 64.3 Å². The Morgan fingerprint density at radius 1 is 0.925 bits per heavy atom. The van der Waals surface area contributed by atoms with Gasteiger partial charge in [-0.05, 0) is 110 Å². The summed E-state index contributed by atoms with van der Waals surface area (Å²) in [6.45, 7) is 12.0. The maximum absolute atomic E-state index is 13.2. The van der Waals surface area contributed by atoms with Crippen molar-refractivity contribution in [1.29, 1.82) is 0 Å². The van der Waals surface area contributed by atoms with E-state index in [1.165, 1.54) is 31.2 Å². The summed E-state index contributed by atoms with van der Waals surface area (Å²) in [6.07, 6.45) is 10.1. The van der Waals surface area contributed by atoms with Gasteiger partial charge in [0.2, 0.25) is 5.91 Å². The second-order valence-corrected chi connectivity index (χ2v) is 15.1. The van der Waals surface area contributed by atoms with Gasteiger partial charge in [-0.1, -0.05) is 51.1 Å². The molecule has 1 aromatic carbocycles. The Hall–Kier alpha value is -1.43. The van der Waals surface area contributed by atoms with Gasteiger partial charge in [-0.15, -0.1) is 0 Å². The lowest BCUT2D eigenvalue weighted by atomic mass is 9.43. The van der Waals surface area contributed by atoms with Crippen LogP contribution >= 0.6 is 0 Å². The second-order valence-electron chi connectivity index (χ2n) is 15.1. The molecule has 2 N–H and O–H groups in total. The Balaban J connectivity index is 1.03. The molecule has 0 radical (unpaired) electrons. The topological polar surface area (TPSA) is 64.0 Å². The summed E-state index contributed by atoms with van der Waals surface area (Å²) in [5.41, 5.74) is 1.91. The van der Waals surface area contributed by atoms with E-state index in [2.05, 4.69) is 60.9 Å². The predicted octanol–water partition coefficient (Wildman–Crippen LogP) is 5.74. The molecule has 0 unspecified atom stereocenters. The highest BCUT2D eigenvalue weighted by Gasteiger charge is 2.62. The van der Waals surface area contributed by atoms with E-state index in [0.29, 0.717) is 47.8 Å². The number of carbonyl (C=O) groups excluding carboxylic acids is 1. The monoisotopic (exact) mass is 550 g/mol. The van der Waals surface area contributed by atoms with Crippen molar-refractivity contribution in [1.82, 2.24) is 9.80 Å². The molecule has 0 spiro atoms. The van der Waals surface area contributed by atoms with Crippen LogP contribution in [0, 0.1) is 46.3 Å². The van der Waals surface area contributed by atoms with Gasteiger partial charge < -0.3 is 15.1 Å². The normalized spacial score (nSPS) is 42.5. The molecule has 5 fully saturated rings. The first-order valence-corrected chi connectivity index (χ1v) is 16.6. The first-order chi connectivity index (χ1) is 19.2. The van der Waals surface area contributed by atoms with Crippen molar-refractivity contribution >= 4 is 5.91 Å². The van der Waals surface area contributed by atoms with Crippen LogP contribution in [0.15, 0.2) is 30.3 Å². The van der Waals surface area contributed by atoms with E-state index >= 15 is 0 Å². The summed E-state index contributed by atoms with van der Waals surface area (Å²) in [5, 5.41) is 21.9. The van der Waals surface area contributed by atoms with Crippen molar-refractivity contribution in [3.05, 3.63) is 35.9 Å². The maximum atomic E-state index is 13.2. The van der Waals surface area contributed by atoms with E-state index < -0.39 is 0 Å². The first kappa shape index (κ1) is 28.7. The smallest absolute Gasteiger partial charge is 0.222 e. The standard InChI is InChI=1S/C35H54N2O3/c1-24(9-12-32(40)37-19-17-36(18-20-37)23-25-7-5-4-6-8-25)28-10-11-29-33-30(14-16-35(28,29)3)34(2)15-13-27(38)21-26(34)22-31(33)39/h4-8,24,26-31,33,38-39H,9-23H2,1-3H3/t24-,26+,27-,28-,29+,30+,31+,33+,34+,35-/m1/s1. The summed E-state index contributed by atoms with van der Waals surface area (Å²) in [7, 11) is 0. The molecule has 4 aliphatic carbocycles. The second kappa shape index (κ2) is 11.3. The van der Waals surface area contributed by atoms with E-state index in [0.717, 1.165) is 64.8 Å². The molecule has 5 heteroatoms. The average Bonchev–Trinajstić information content (AvgIpc) is 3.31. The number of rotatable bonds is 6. The van der Waals surface area contributed by atoms with Gasteiger partial charge in [0.15, 0.2) is 0 Å². The summed E-state index contributed by atoms with van der Waals surface area (Å²) in [6, 6.07) is 10.6. The van der Waals surface area contributed by atoms with Gasteiger partial charge in [0.25, 0.3) is 0 Å². The Kier molecular flexibility index (Phi) is 8.13. The predicted molar refractivity (Wildman–Crippen MR) is 159 cm³/mol. The van der Waals surface area contributed by atoms with Crippen LogP contribution in [0.1, 0.15) is 90.5 Å². The fourth-order valence-electron chi connectivity index (χ4n) is 10.9. The Morgan fingerprint density at radius 3 is 2.38 bits per heavy atom. The molecule has 4 saturated carbocycles. The van der Waals surface area contributed by atoms with Crippen LogP contribution in [0.25, 0.3) is 0 Å². The lowest BCUT2D eigenvalue weighted by Gasteiger charge is -2.62. The molecule has 0 bridgehead atoms. The van der Waals surface area contributed by atoms with E-state index in [-0.39, 0.29) is 23.0 Å². The number of fused-ring (bicyclic) bond motifs is 5. The molecule has 1 aliphatic heterocycles. The quantitative estimate of drug-likeness (QED) is 0.474. The van der Waals surface area contributed by atoms with Crippen molar-refractivity contribution in [3.63, 3.8) is 0 Å². The Morgan fingerprint density at radius 2 is 1.62 bits per heavy atom. The van der Waals surface area contributed by atoms with Crippen LogP contribution in [0.4, 0.5) is 0 Å². The third-order valence-electron chi connectivity index (χ3n) is 13.2. The van der Waals surface area contributed by atoms with Crippen molar-refractivity contribution in [3.8, 4) is 0 Å². The Bertz CT molecular complexity index is 1020. The molecule has 6 rings (SSSR count). The SMILES string of the molecule is C[C@H](CCC(=O)N1CCN(Cc2ccccc2)CC1)[C@H]1CC[C@H]2[C@@H]3[C@@H](O)C[C@@H]4C[C@H](O)CC[C@]4(C)[C@H]3CC[C@]12C. The molecule has 0 aromatic heterocycles. The molecular weight excluding hydrogens is 496 g/mol. The fourth-order valence-corrected chi connectivity index (χ4v) is 10.9. The van der Waals surface area contributed by atoms with E-state index in [9.17, 15) is 15.0 Å². The minimum absolute atomic E-state index is 0.173. The van der Waals surface area contributed by atoms with Crippen molar-refractivity contribution < 1.29 is 15.0 Å². The third kappa shape index (κ3) is 5.17. The number of hydrogen-bond acceptors (Lipinski definition) is 4. The molecule has 1 aromatic rings. The van der Waals surface area contributed by atoms with Crippen LogP contribution in [0.2, 0.25) is 0 Å². The number of aliphatic hydroxyl groups excluding tert-OH is 2. The minimum atomic E-state index is -0.214. The number of hydrogen-bond donors (Lipinski definition) is 2. The van der Waals surface area contributed by atoms with Gasteiger partial charge in [0, 0.05) is 39.1 Å². The summed E-state index contributed by atoms with van der Waals surface area (Å²) < 4.78 is 0. The molecule has 5 nitrogen and oxygen atoms in total. The summed E-state index contributed by atoms with van der Waals surface area (Å²) in [4.78, 5) is 17.8. The number of nitrogens with zero attached hydrogens (tertiary/aromatic N) is 2. The summed E-state index contributed by atoms with van der Waals surface area (Å²) >= 11 is 0. The van der Waals surface area contributed by atoms with Crippen molar-refractivity contribution in [2.45, 2.75) is 104 Å². The largest absolute Gasteiger partial charge is 0.393 e. The molecule has 5 aliphatic rings. The lowest BCUT2D eigenvalue weighted by molar-refractivity contribution is -0.174. The minimum Gasteiger partial charge on any atom is -0.393 e. The molecule has 1 amide bonds. The van der Waals surface area contributed by atoms with Gasteiger partial charge in [0.1, 0.15) is 0 Å². The van der Waals surface area contributed by atoms with E-state index in [1.807, 2.05) is 0 Å². The number of aliphatic hydroxyl groups is 2. The first-order valence-electron chi connectivity index (χ1n) is 16.6. The van der Waals surface area contributed by atoms with Gasteiger partial charge in [-0.3, -0.25) is 9.69 Å². The molecule has 222 valence electrons. The number of piperazine rings is 1. The molecule has 1 heterocycles. The molecule has 10 atom stereocenters.